The Morgan fingerprint density at radius 3 is 1.47 bits per heavy atom. The Labute approximate surface area is 561 Å². The van der Waals surface area contributed by atoms with E-state index in [0.717, 1.165) is 90.0 Å². The first-order valence-electron chi connectivity index (χ1n) is 31.3. The predicted octanol–water partition coefficient (Wildman–Crippen LogP) is 20.5. The average molecular weight is 1510 g/mol. The fourth-order valence-electron chi connectivity index (χ4n) is 14.6. The molecule has 0 saturated carbocycles. The van der Waals surface area contributed by atoms with E-state index in [1.165, 1.54) is 120 Å². The molecule has 0 radical (unpaired) electrons. The summed E-state index contributed by atoms with van der Waals surface area (Å²) in [6.45, 7) is 2.03. The molecular weight excluding hydrogens is 1440 g/mol. The third kappa shape index (κ3) is 12.3. The van der Waals surface area contributed by atoms with Gasteiger partial charge in [0.15, 0.2) is 17.3 Å². The van der Waals surface area contributed by atoms with Gasteiger partial charge in [-0.2, -0.15) is 0 Å². The summed E-state index contributed by atoms with van der Waals surface area (Å²) in [6.07, 6.45) is 23.4. The molecule has 89 heavy (non-hydrogen) atoms. The zero-order valence-corrected chi connectivity index (χ0v) is 58.3. The van der Waals surface area contributed by atoms with Crippen LogP contribution in [0.15, 0.2) is 162 Å². The Morgan fingerprint density at radius 1 is 0.461 bits per heavy atom. The van der Waals surface area contributed by atoms with Crippen molar-refractivity contribution in [3.63, 3.8) is 0 Å². The summed E-state index contributed by atoms with van der Waals surface area (Å²) in [5.74, 6) is 0.995. The predicted molar refractivity (Wildman–Crippen MR) is 378 cm³/mol. The van der Waals surface area contributed by atoms with E-state index in [9.17, 15) is 18.8 Å². The number of Topliss-reactive ketones (excluding diaryl/α,β-unsaturated/α-hetero) is 3. The molecule has 0 spiro atoms. The van der Waals surface area contributed by atoms with E-state index >= 15 is 0 Å². The van der Waals surface area contributed by atoms with Crippen molar-refractivity contribution in [2.45, 2.75) is 109 Å². The molecule has 0 fully saturated rings. The summed E-state index contributed by atoms with van der Waals surface area (Å²) in [7, 11) is 5.18. The molecule has 5 aromatic carbocycles. The van der Waals surface area contributed by atoms with Crippen LogP contribution < -0.4 is 0 Å². The highest BCUT2D eigenvalue weighted by molar-refractivity contribution is 9.11. The number of rotatable bonds is 2. The Kier molecular flexibility index (Phi) is 18.6. The summed E-state index contributed by atoms with van der Waals surface area (Å²) >= 11 is 17.6. The first kappa shape index (κ1) is 61.6. The Morgan fingerprint density at radius 2 is 0.888 bits per heavy atom. The number of ketones is 3. The van der Waals surface area contributed by atoms with Gasteiger partial charge in [0.2, 0.25) is 0 Å². The van der Waals surface area contributed by atoms with E-state index in [0.29, 0.717) is 30.7 Å². The minimum absolute atomic E-state index is 0.161. The monoisotopic (exact) mass is 1510 g/mol. The van der Waals surface area contributed by atoms with Crippen molar-refractivity contribution >= 4 is 152 Å². The van der Waals surface area contributed by atoms with E-state index in [-0.39, 0.29) is 17.5 Å². The van der Waals surface area contributed by atoms with Crippen LogP contribution in [0.5, 0.6) is 0 Å². The standard InChI is InChI=1S/C17H17BrN2.C16H15BrN2.C14H14BrNO.C13H12BrNO.C12H10BrNO.CH3F/c1-19-15-8-7-12(18)11-14(15)13-5-4-6-16(17(13)19)20-9-2-3-10-20;17-11-6-7-14-13(10-11)12-4-3-5-15(16(12)18-14)19-8-1-2-9-19;1-8-3-5-10-11-7-9(15)4-6-12(11)16(2)13(10)14(8)17;1-15-11-6-5-8(14)7-10(11)9-3-2-4-12(16)13(9)15;13-7-4-5-10-9(6-7)8-2-1-3-11(15)12(8)14-10;1-2/h2-3,7-11,16H,4-6H2,1H3;1-2,6-10,15,18H,3-5H2;4,6-8H,3,5H2,1-2H3;5-7H,2-4H2,1H3;4-6,14H,1-3H2;1H3/i;;;;;1D. The number of nitrogens with one attached hydrogen (secondary N) is 2. The third-order valence-electron chi connectivity index (χ3n) is 18.8. The largest absolute Gasteiger partial charge is 0.356 e. The molecular formula is C73H71Br5FN7O3. The number of H-pyrrole nitrogens is 2. The fourth-order valence-corrected chi connectivity index (χ4v) is 16.4. The highest BCUT2D eigenvalue weighted by Gasteiger charge is 2.31. The van der Waals surface area contributed by atoms with Gasteiger partial charge >= 0.3 is 0 Å². The van der Waals surface area contributed by atoms with Gasteiger partial charge in [-0.1, -0.05) is 86.6 Å². The number of hydrogen-bond donors (Lipinski definition) is 2. The SMILES string of the molecule is Brc1ccc2[nH]c3c(c2c1)CCCC3n1cccc1.CC1CCc2c(n(C)c3ccc(Br)cc23)C1=O.Cn1c2c(c3cc(Br)ccc31)CCCC2=O.Cn1c2c(c3cc(Br)ccc31)CCCC2n1cccc1.O=C1CCCc2c1[nH]c1ccc(Br)cc21.[2H]CF. The third-order valence-corrected chi connectivity index (χ3v) is 21.2. The minimum Gasteiger partial charge on any atom is -0.356 e. The molecule has 2 N–H and O–H groups in total. The van der Waals surface area contributed by atoms with Crippen LogP contribution in [0.3, 0.4) is 0 Å². The maximum atomic E-state index is 12.3. The van der Waals surface area contributed by atoms with Crippen LogP contribution in [0, 0.1) is 5.92 Å². The number of fused-ring (bicyclic) bond motifs is 15. The number of aromatic amines is 2. The molecule has 10 nitrogen and oxygen atoms in total. The van der Waals surface area contributed by atoms with Crippen molar-refractivity contribution in [2.75, 3.05) is 7.15 Å². The van der Waals surface area contributed by atoms with Gasteiger partial charge in [0, 0.05) is 153 Å². The summed E-state index contributed by atoms with van der Waals surface area (Å²) in [6, 6.07) is 41.1. The molecule has 0 saturated heterocycles. The lowest BCUT2D eigenvalue weighted by Gasteiger charge is -2.26. The van der Waals surface area contributed by atoms with E-state index in [2.05, 4.69) is 231 Å². The maximum absolute atomic E-state index is 12.3. The topological polar surface area (TPSA) is 107 Å². The molecule has 16 heteroatoms. The van der Waals surface area contributed by atoms with Crippen molar-refractivity contribution < 1.29 is 20.1 Å². The summed E-state index contributed by atoms with van der Waals surface area (Å²) < 4.78 is 32.2. The lowest BCUT2D eigenvalue weighted by Crippen LogP contribution is -2.21. The summed E-state index contributed by atoms with van der Waals surface area (Å²) in [5, 5.41) is 6.42. The van der Waals surface area contributed by atoms with Crippen LogP contribution in [-0.4, -0.2) is 57.3 Å². The number of carbonyl (C=O) groups is 3. The number of aryl methyl sites for hydroxylation is 8. The molecule has 5 aliphatic rings. The molecule has 7 aromatic heterocycles. The maximum Gasteiger partial charge on any atom is 0.182 e. The molecule has 5 aliphatic carbocycles. The van der Waals surface area contributed by atoms with Gasteiger partial charge in [-0.3, -0.25) is 18.8 Å². The van der Waals surface area contributed by atoms with Gasteiger partial charge in [0.05, 0.1) is 37.7 Å². The molecule has 0 aliphatic heterocycles. The number of benzene rings is 5. The van der Waals surface area contributed by atoms with Gasteiger partial charge in [0.1, 0.15) is 0 Å². The normalized spacial score (nSPS) is 17.5. The smallest absolute Gasteiger partial charge is 0.182 e. The second-order valence-electron chi connectivity index (χ2n) is 24.0. The second-order valence-corrected chi connectivity index (χ2v) is 28.6. The highest BCUT2D eigenvalue weighted by Crippen LogP contribution is 2.42. The van der Waals surface area contributed by atoms with Gasteiger partial charge in [0.25, 0.3) is 0 Å². The van der Waals surface area contributed by atoms with Crippen LogP contribution in [0.4, 0.5) is 4.39 Å². The van der Waals surface area contributed by atoms with Crippen molar-refractivity contribution in [3.8, 4) is 0 Å². The number of alkyl halides is 1. The molecule has 17 rings (SSSR count). The Bertz CT molecular complexity index is 4660. The molecule has 0 bridgehead atoms. The number of halogens is 6. The van der Waals surface area contributed by atoms with E-state index in [4.69, 9.17) is 1.37 Å². The molecule has 3 unspecified atom stereocenters. The average Bonchev–Trinajstić information content (AvgIpc) is 1.83. The lowest BCUT2D eigenvalue weighted by molar-refractivity contribution is 0.0903. The second kappa shape index (κ2) is 26.9. The zero-order valence-electron chi connectivity index (χ0n) is 51.3. The van der Waals surface area contributed by atoms with Gasteiger partial charge in [-0.25, -0.2) is 0 Å². The van der Waals surface area contributed by atoms with Crippen LogP contribution in [-0.2, 0) is 53.2 Å². The van der Waals surface area contributed by atoms with Crippen LogP contribution in [0.1, 0.15) is 149 Å². The quantitative estimate of drug-likeness (QED) is 0.180. The van der Waals surface area contributed by atoms with Crippen LogP contribution >= 0.6 is 79.6 Å². The molecule has 3 atom stereocenters. The van der Waals surface area contributed by atoms with Crippen molar-refractivity contribution in [1.29, 1.82) is 0 Å². The van der Waals surface area contributed by atoms with Gasteiger partial charge in [-0.05, 0) is 220 Å². The molecule has 0 amide bonds. The van der Waals surface area contributed by atoms with Crippen molar-refractivity contribution in [3.05, 3.63) is 219 Å². The number of carbonyl (C=O) groups excluding carboxylic acids is 3. The molecule has 458 valence electrons. The fraction of sp³-hybridized carbons (Fsp3) is 0.301. The van der Waals surface area contributed by atoms with Gasteiger partial charge in [-0.15, -0.1) is 0 Å². The number of hydrogen-bond acceptors (Lipinski definition) is 3. The van der Waals surface area contributed by atoms with E-state index in [1.807, 2.05) is 49.9 Å². The molecule has 12 aromatic rings. The number of aromatic nitrogens is 7. The van der Waals surface area contributed by atoms with Gasteiger partial charge < -0.3 is 32.8 Å². The van der Waals surface area contributed by atoms with Crippen LogP contribution in [0.25, 0.3) is 54.5 Å². The minimum atomic E-state index is -1.00. The van der Waals surface area contributed by atoms with Crippen molar-refractivity contribution in [2.24, 2.45) is 27.1 Å². The van der Waals surface area contributed by atoms with Crippen molar-refractivity contribution in [1.82, 2.24) is 32.8 Å². The lowest BCUT2D eigenvalue weighted by atomic mass is 9.87. The summed E-state index contributed by atoms with van der Waals surface area (Å²) in [4.78, 5) is 42.7. The van der Waals surface area contributed by atoms with E-state index in [1.54, 1.807) is 0 Å². The highest BCUT2D eigenvalue weighted by atomic mass is 79.9. The zero-order chi connectivity index (χ0) is 63.1. The Hall–Kier alpha value is -6.30. The van der Waals surface area contributed by atoms with Crippen LogP contribution in [0.2, 0.25) is 0 Å². The first-order valence-corrected chi connectivity index (χ1v) is 34.6. The Balaban J connectivity index is 0.000000108. The van der Waals surface area contributed by atoms with E-state index < -0.39 is 7.15 Å². The summed E-state index contributed by atoms with van der Waals surface area (Å²) in [5.41, 5.74) is 18.2. The molecule has 7 heterocycles. The number of nitrogens with zero attached hydrogens (tertiary/aromatic N) is 5. The first-order chi connectivity index (χ1) is 43.5.